The Bertz CT molecular complexity index is 281. The Balaban J connectivity index is 2.79. The third kappa shape index (κ3) is 3.70. The third-order valence-corrected chi connectivity index (χ3v) is 3.33. The molecule has 1 heterocycles. The van der Waals surface area contributed by atoms with Crippen LogP contribution in [0.15, 0.2) is 0 Å². The third-order valence-electron chi connectivity index (χ3n) is 3.33. The van der Waals surface area contributed by atoms with Crippen molar-refractivity contribution in [3.8, 4) is 0 Å². The first-order chi connectivity index (χ1) is 8.07. The molecule has 1 rings (SSSR count). The average molecular weight is 242 g/mol. The normalized spacial score (nSPS) is 23.6. The van der Waals surface area contributed by atoms with Crippen LogP contribution in [-0.4, -0.2) is 40.5 Å². The number of nitrogens with zero attached hydrogens (tertiary/aromatic N) is 1. The van der Waals surface area contributed by atoms with Crippen molar-refractivity contribution in [2.24, 2.45) is 5.73 Å². The summed E-state index contributed by atoms with van der Waals surface area (Å²) in [6.45, 7) is 2.35. The highest BCUT2D eigenvalue weighted by Crippen LogP contribution is 2.18. The fourth-order valence-corrected chi connectivity index (χ4v) is 2.19. The molecule has 17 heavy (non-hydrogen) atoms. The minimum absolute atomic E-state index is 0.221. The summed E-state index contributed by atoms with van der Waals surface area (Å²) in [5, 5.41) is 9.19. The molecule has 98 valence electrons. The molecule has 0 spiro atoms. The van der Waals surface area contributed by atoms with E-state index in [1.165, 1.54) is 4.90 Å². The molecule has 1 fully saturated rings. The predicted molar refractivity (Wildman–Crippen MR) is 64.5 cm³/mol. The minimum Gasteiger partial charge on any atom is -0.480 e. The molecule has 1 amide bonds. The monoisotopic (exact) mass is 242 g/mol. The Morgan fingerprint density at radius 3 is 2.59 bits per heavy atom. The van der Waals surface area contributed by atoms with Crippen molar-refractivity contribution in [3.05, 3.63) is 0 Å². The van der Waals surface area contributed by atoms with Crippen LogP contribution in [0.4, 0.5) is 0 Å². The molecule has 3 N–H and O–H groups in total. The summed E-state index contributed by atoms with van der Waals surface area (Å²) in [5.74, 6) is -1.13. The first-order valence-electron chi connectivity index (χ1n) is 6.36. The van der Waals surface area contributed by atoms with Gasteiger partial charge in [-0.25, -0.2) is 4.79 Å². The number of rotatable bonds is 3. The van der Waals surface area contributed by atoms with Gasteiger partial charge in [-0.05, 0) is 19.3 Å². The Hall–Kier alpha value is -1.10. The summed E-state index contributed by atoms with van der Waals surface area (Å²) in [6, 6.07) is -1.27. The Kier molecular flexibility index (Phi) is 5.41. The van der Waals surface area contributed by atoms with Gasteiger partial charge in [-0.1, -0.05) is 26.2 Å². The van der Waals surface area contributed by atoms with Crippen molar-refractivity contribution in [1.82, 2.24) is 4.90 Å². The van der Waals surface area contributed by atoms with Crippen LogP contribution in [0.1, 0.15) is 45.4 Å². The number of likely N-dealkylation sites (tertiary alicyclic amines) is 1. The summed E-state index contributed by atoms with van der Waals surface area (Å²) < 4.78 is 0. The quantitative estimate of drug-likeness (QED) is 0.772. The average Bonchev–Trinajstić information content (AvgIpc) is 2.26. The predicted octanol–water partition coefficient (Wildman–Crippen LogP) is 0.970. The summed E-state index contributed by atoms with van der Waals surface area (Å²) in [5.41, 5.74) is 5.72. The molecule has 1 aliphatic heterocycles. The van der Waals surface area contributed by atoms with Crippen LogP contribution in [0, 0.1) is 0 Å². The SMILES string of the molecule is CC[C@H](N)C(=O)N1CCCCCCC1C(=O)O. The van der Waals surface area contributed by atoms with E-state index in [0.29, 0.717) is 19.4 Å². The fraction of sp³-hybridized carbons (Fsp3) is 0.833. The molecule has 0 aromatic carbocycles. The number of carbonyl (C=O) groups is 2. The van der Waals surface area contributed by atoms with Crippen molar-refractivity contribution in [3.63, 3.8) is 0 Å². The maximum Gasteiger partial charge on any atom is 0.326 e. The zero-order valence-corrected chi connectivity index (χ0v) is 10.4. The van der Waals surface area contributed by atoms with Crippen molar-refractivity contribution >= 4 is 11.9 Å². The maximum absolute atomic E-state index is 12.0. The zero-order valence-electron chi connectivity index (χ0n) is 10.4. The highest BCUT2D eigenvalue weighted by molar-refractivity contribution is 5.86. The summed E-state index contributed by atoms with van der Waals surface area (Å²) >= 11 is 0. The largest absolute Gasteiger partial charge is 0.480 e. The molecule has 0 saturated carbocycles. The molecular weight excluding hydrogens is 220 g/mol. The second-order valence-corrected chi connectivity index (χ2v) is 4.60. The van der Waals surface area contributed by atoms with Crippen LogP contribution in [0.5, 0.6) is 0 Å². The van der Waals surface area contributed by atoms with Gasteiger partial charge < -0.3 is 15.7 Å². The molecular formula is C12H22N2O3. The van der Waals surface area contributed by atoms with Crippen LogP contribution in [0.25, 0.3) is 0 Å². The molecule has 2 atom stereocenters. The number of carboxylic acids is 1. The van der Waals surface area contributed by atoms with E-state index in [2.05, 4.69) is 0 Å². The smallest absolute Gasteiger partial charge is 0.326 e. The minimum atomic E-state index is -0.913. The van der Waals surface area contributed by atoms with Gasteiger partial charge >= 0.3 is 5.97 Å². The number of aliphatic carboxylic acids is 1. The van der Waals surface area contributed by atoms with E-state index >= 15 is 0 Å². The summed E-state index contributed by atoms with van der Waals surface area (Å²) in [7, 11) is 0. The molecule has 0 aliphatic carbocycles. The molecule has 5 nitrogen and oxygen atoms in total. The van der Waals surface area contributed by atoms with Gasteiger partial charge in [0.1, 0.15) is 6.04 Å². The lowest BCUT2D eigenvalue weighted by Crippen LogP contribution is -2.52. The van der Waals surface area contributed by atoms with E-state index in [4.69, 9.17) is 5.73 Å². The van der Waals surface area contributed by atoms with Gasteiger partial charge in [0, 0.05) is 6.54 Å². The number of carboxylic acid groups (broad SMARTS) is 1. The van der Waals surface area contributed by atoms with E-state index in [1.54, 1.807) is 0 Å². The van der Waals surface area contributed by atoms with E-state index in [-0.39, 0.29) is 5.91 Å². The Labute approximate surface area is 102 Å². The number of nitrogens with two attached hydrogens (primary N) is 1. The standard InChI is InChI=1S/C12H22N2O3/c1-2-9(13)11(15)14-8-6-4-3-5-7-10(14)12(16)17/h9-10H,2-8,13H2,1H3,(H,16,17)/t9-,10?/m0/s1. The van der Waals surface area contributed by atoms with Crippen LogP contribution in [-0.2, 0) is 9.59 Å². The van der Waals surface area contributed by atoms with Crippen molar-refractivity contribution in [1.29, 1.82) is 0 Å². The molecule has 0 bridgehead atoms. The van der Waals surface area contributed by atoms with Crippen molar-refractivity contribution in [2.75, 3.05) is 6.54 Å². The second-order valence-electron chi connectivity index (χ2n) is 4.60. The maximum atomic E-state index is 12.0. The number of hydrogen-bond acceptors (Lipinski definition) is 3. The number of hydrogen-bond donors (Lipinski definition) is 2. The van der Waals surface area contributed by atoms with Crippen molar-refractivity contribution < 1.29 is 14.7 Å². The second kappa shape index (κ2) is 6.59. The molecule has 0 aromatic rings. The first-order valence-corrected chi connectivity index (χ1v) is 6.36. The molecule has 0 aromatic heterocycles. The zero-order chi connectivity index (χ0) is 12.8. The Morgan fingerprint density at radius 2 is 2.00 bits per heavy atom. The van der Waals surface area contributed by atoms with Gasteiger partial charge in [-0.2, -0.15) is 0 Å². The lowest BCUT2D eigenvalue weighted by molar-refractivity contribution is -0.151. The topological polar surface area (TPSA) is 83.6 Å². The molecule has 1 unspecified atom stereocenters. The van der Waals surface area contributed by atoms with Gasteiger partial charge in [0.25, 0.3) is 0 Å². The van der Waals surface area contributed by atoms with E-state index in [0.717, 1.165) is 25.7 Å². The van der Waals surface area contributed by atoms with E-state index in [9.17, 15) is 14.7 Å². The number of amides is 1. The van der Waals surface area contributed by atoms with Crippen molar-refractivity contribution in [2.45, 2.75) is 57.5 Å². The highest BCUT2D eigenvalue weighted by atomic mass is 16.4. The summed E-state index contributed by atoms with van der Waals surface area (Å²) in [6.07, 6.45) is 4.91. The highest BCUT2D eigenvalue weighted by Gasteiger charge is 2.31. The lowest BCUT2D eigenvalue weighted by atomic mass is 10.0. The van der Waals surface area contributed by atoms with Crippen LogP contribution < -0.4 is 5.73 Å². The van der Waals surface area contributed by atoms with Crippen LogP contribution in [0.2, 0.25) is 0 Å². The summed E-state index contributed by atoms with van der Waals surface area (Å²) in [4.78, 5) is 24.7. The van der Waals surface area contributed by atoms with Gasteiger partial charge in [-0.3, -0.25) is 4.79 Å². The molecule has 5 heteroatoms. The van der Waals surface area contributed by atoms with E-state index in [1.807, 2.05) is 6.92 Å². The van der Waals surface area contributed by atoms with Gasteiger partial charge in [0.05, 0.1) is 6.04 Å². The number of carbonyl (C=O) groups excluding carboxylic acids is 1. The molecule has 0 radical (unpaired) electrons. The lowest BCUT2D eigenvalue weighted by Gasteiger charge is -2.32. The molecule has 1 aliphatic rings. The van der Waals surface area contributed by atoms with Gasteiger partial charge in [0.15, 0.2) is 0 Å². The fourth-order valence-electron chi connectivity index (χ4n) is 2.19. The van der Waals surface area contributed by atoms with Crippen LogP contribution >= 0.6 is 0 Å². The van der Waals surface area contributed by atoms with E-state index < -0.39 is 18.1 Å². The van der Waals surface area contributed by atoms with Gasteiger partial charge in [0.2, 0.25) is 5.91 Å². The molecule has 1 saturated heterocycles. The van der Waals surface area contributed by atoms with Gasteiger partial charge in [-0.15, -0.1) is 0 Å². The Morgan fingerprint density at radius 1 is 1.35 bits per heavy atom. The van der Waals surface area contributed by atoms with Crippen LogP contribution in [0.3, 0.4) is 0 Å². The first kappa shape index (κ1) is 14.0.